The molecule has 24 heavy (non-hydrogen) atoms. The van der Waals surface area contributed by atoms with Crippen molar-refractivity contribution < 1.29 is 9.53 Å². The summed E-state index contributed by atoms with van der Waals surface area (Å²) in [6.07, 6.45) is 1.92. The highest BCUT2D eigenvalue weighted by Crippen LogP contribution is 2.14. The SMILES string of the molecule is Cc1cc(=O)c(C(=O)NCC2CCCO2)nn1-c1ccc(Cl)cc1. The number of amides is 1. The fraction of sp³-hybridized carbons (Fsp3) is 0.353. The second kappa shape index (κ2) is 7.15. The third-order valence-electron chi connectivity index (χ3n) is 3.91. The van der Waals surface area contributed by atoms with E-state index in [2.05, 4.69) is 10.4 Å². The molecule has 2 aromatic rings. The van der Waals surface area contributed by atoms with Gasteiger partial charge in [-0.3, -0.25) is 9.59 Å². The van der Waals surface area contributed by atoms with Gasteiger partial charge >= 0.3 is 0 Å². The van der Waals surface area contributed by atoms with Crippen LogP contribution in [0, 0.1) is 6.92 Å². The Balaban J connectivity index is 1.84. The van der Waals surface area contributed by atoms with Gasteiger partial charge in [-0.05, 0) is 44.0 Å². The van der Waals surface area contributed by atoms with E-state index in [1.807, 2.05) is 0 Å². The van der Waals surface area contributed by atoms with E-state index in [9.17, 15) is 9.59 Å². The number of rotatable bonds is 4. The summed E-state index contributed by atoms with van der Waals surface area (Å²) in [6.45, 7) is 2.86. The van der Waals surface area contributed by atoms with E-state index >= 15 is 0 Å². The van der Waals surface area contributed by atoms with Gasteiger partial charge < -0.3 is 10.1 Å². The molecule has 1 aliphatic heterocycles. The summed E-state index contributed by atoms with van der Waals surface area (Å²) in [5.74, 6) is -0.488. The van der Waals surface area contributed by atoms with E-state index in [0.717, 1.165) is 18.5 Å². The number of benzene rings is 1. The van der Waals surface area contributed by atoms with Gasteiger partial charge in [-0.15, -0.1) is 0 Å². The van der Waals surface area contributed by atoms with Crippen molar-refractivity contribution in [3.63, 3.8) is 0 Å². The molecule has 7 heteroatoms. The lowest BCUT2D eigenvalue weighted by molar-refractivity contribution is 0.0851. The van der Waals surface area contributed by atoms with Crippen LogP contribution in [-0.4, -0.2) is 34.9 Å². The second-order valence-corrected chi connectivity index (χ2v) is 6.17. The van der Waals surface area contributed by atoms with Crippen molar-refractivity contribution in [1.82, 2.24) is 15.1 Å². The zero-order valence-corrected chi connectivity index (χ0v) is 14.0. The molecule has 1 amide bonds. The van der Waals surface area contributed by atoms with Crippen LogP contribution in [0.3, 0.4) is 0 Å². The number of carbonyl (C=O) groups is 1. The summed E-state index contributed by atoms with van der Waals surface area (Å²) in [5.41, 5.74) is 0.833. The van der Waals surface area contributed by atoms with Crippen LogP contribution in [0.15, 0.2) is 35.1 Å². The van der Waals surface area contributed by atoms with E-state index < -0.39 is 11.3 Å². The van der Waals surface area contributed by atoms with Crippen LogP contribution in [0.2, 0.25) is 5.02 Å². The lowest BCUT2D eigenvalue weighted by Crippen LogP contribution is -2.36. The first-order chi connectivity index (χ1) is 11.5. The monoisotopic (exact) mass is 347 g/mol. The van der Waals surface area contributed by atoms with Gasteiger partial charge in [-0.1, -0.05) is 11.6 Å². The molecule has 0 saturated carbocycles. The Bertz CT molecular complexity index is 796. The van der Waals surface area contributed by atoms with Crippen molar-refractivity contribution in [3.05, 3.63) is 57.0 Å². The molecular formula is C17H18ClN3O3. The number of aromatic nitrogens is 2. The Morgan fingerprint density at radius 1 is 1.42 bits per heavy atom. The van der Waals surface area contributed by atoms with Crippen LogP contribution >= 0.6 is 11.6 Å². The van der Waals surface area contributed by atoms with Crippen LogP contribution < -0.4 is 10.7 Å². The Kier molecular flexibility index (Phi) is 4.97. The minimum Gasteiger partial charge on any atom is -0.376 e. The average Bonchev–Trinajstić information content (AvgIpc) is 3.07. The van der Waals surface area contributed by atoms with Crippen LogP contribution in [0.25, 0.3) is 5.69 Å². The standard InChI is InChI=1S/C17H18ClN3O3/c1-11-9-15(22)16(17(23)19-10-14-3-2-8-24-14)20-21(11)13-6-4-12(18)5-7-13/h4-7,9,14H,2-3,8,10H2,1H3,(H,19,23). The Morgan fingerprint density at radius 2 is 2.17 bits per heavy atom. The van der Waals surface area contributed by atoms with Crippen molar-refractivity contribution in [3.8, 4) is 5.69 Å². The normalized spacial score (nSPS) is 17.0. The lowest BCUT2D eigenvalue weighted by atomic mass is 10.2. The van der Waals surface area contributed by atoms with Crippen molar-refractivity contribution in [2.24, 2.45) is 0 Å². The molecule has 2 heterocycles. The molecule has 6 nitrogen and oxygen atoms in total. The van der Waals surface area contributed by atoms with Gasteiger partial charge in [-0.25, -0.2) is 4.68 Å². The van der Waals surface area contributed by atoms with Gasteiger partial charge in [0.15, 0.2) is 5.69 Å². The predicted molar refractivity (Wildman–Crippen MR) is 90.9 cm³/mol. The summed E-state index contributed by atoms with van der Waals surface area (Å²) in [5, 5.41) is 7.56. The number of nitrogens with zero attached hydrogens (tertiary/aromatic N) is 2. The molecule has 1 aliphatic rings. The number of hydrogen-bond donors (Lipinski definition) is 1. The number of nitrogens with one attached hydrogen (secondary N) is 1. The number of halogens is 1. The van der Waals surface area contributed by atoms with Crippen molar-refractivity contribution in [1.29, 1.82) is 0 Å². The highest BCUT2D eigenvalue weighted by atomic mass is 35.5. The zero-order chi connectivity index (χ0) is 17.1. The first kappa shape index (κ1) is 16.7. The van der Waals surface area contributed by atoms with E-state index in [1.165, 1.54) is 6.07 Å². The maximum absolute atomic E-state index is 12.3. The van der Waals surface area contributed by atoms with Crippen LogP contribution in [-0.2, 0) is 4.74 Å². The summed E-state index contributed by atoms with van der Waals surface area (Å²) in [6, 6.07) is 8.42. The topological polar surface area (TPSA) is 73.2 Å². The molecule has 1 atom stereocenters. The Morgan fingerprint density at radius 3 is 2.83 bits per heavy atom. The highest BCUT2D eigenvalue weighted by Gasteiger charge is 2.19. The van der Waals surface area contributed by atoms with E-state index in [0.29, 0.717) is 23.9 Å². The average molecular weight is 348 g/mol. The molecule has 1 saturated heterocycles. The van der Waals surface area contributed by atoms with Gasteiger partial charge in [0.1, 0.15) is 0 Å². The third kappa shape index (κ3) is 3.66. The van der Waals surface area contributed by atoms with Crippen LogP contribution in [0.4, 0.5) is 0 Å². The molecule has 0 bridgehead atoms. The largest absolute Gasteiger partial charge is 0.376 e. The minimum absolute atomic E-state index is 0.0119. The third-order valence-corrected chi connectivity index (χ3v) is 4.16. The molecule has 1 aromatic heterocycles. The number of ether oxygens (including phenoxy) is 1. The van der Waals surface area contributed by atoms with E-state index in [4.69, 9.17) is 16.3 Å². The Hall–Kier alpha value is -2.18. The molecule has 0 radical (unpaired) electrons. The molecule has 1 fully saturated rings. The minimum atomic E-state index is -0.488. The first-order valence-corrected chi connectivity index (χ1v) is 8.19. The lowest BCUT2D eigenvalue weighted by Gasteiger charge is -2.13. The smallest absolute Gasteiger partial charge is 0.275 e. The summed E-state index contributed by atoms with van der Waals surface area (Å²) >= 11 is 5.89. The summed E-state index contributed by atoms with van der Waals surface area (Å²) < 4.78 is 7.02. The van der Waals surface area contributed by atoms with Gasteiger partial charge in [0.05, 0.1) is 11.8 Å². The molecule has 0 aliphatic carbocycles. The summed E-state index contributed by atoms with van der Waals surface area (Å²) in [7, 11) is 0. The highest BCUT2D eigenvalue weighted by molar-refractivity contribution is 6.30. The zero-order valence-electron chi connectivity index (χ0n) is 13.3. The molecule has 126 valence electrons. The van der Waals surface area contributed by atoms with Gasteiger partial charge in [0.25, 0.3) is 5.91 Å². The number of hydrogen-bond acceptors (Lipinski definition) is 4. The number of aryl methyl sites for hydroxylation is 1. The maximum Gasteiger partial charge on any atom is 0.275 e. The predicted octanol–water partition coefficient (Wildman–Crippen LogP) is 2.10. The first-order valence-electron chi connectivity index (χ1n) is 7.81. The summed E-state index contributed by atoms with van der Waals surface area (Å²) in [4.78, 5) is 24.4. The van der Waals surface area contributed by atoms with Crippen molar-refractivity contribution >= 4 is 17.5 Å². The van der Waals surface area contributed by atoms with E-state index in [1.54, 1.807) is 35.9 Å². The van der Waals surface area contributed by atoms with Crippen LogP contribution in [0.5, 0.6) is 0 Å². The van der Waals surface area contributed by atoms with Crippen molar-refractivity contribution in [2.75, 3.05) is 13.2 Å². The fourth-order valence-electron chi connectivity index (χ4n) is 2.64. The number of carbonyl (C=O) groups excluding carboxylic acids is 1. The molecule has 0 spiro atoms. The molecule has 3 rings (SSSR count). The quantitative estimate of drug-likeness (QED) is 0.919. The molecule has 1 N–H and O–H groups in total. The van der Waals surface area contributed by atoms with E-state index in [-0.39, 0.29) is 11.8 Å². The molecule has 1 unspecified atom stereocenters. The molecule has 1 aromatic carbocycles. The fourth-order valence-corrected chi connectivity index (χ4v) is 2.77. The van der Waals surface area contributed by atoms with Gasteiger partial charge in [-0.2, -0.15) is 5.10 Å². The van der Waals surface area contributed by atoms with Crippen LogP contribution in [0.1, 0.15) is 29.0 Å². The van der Waals surface area contributed by atoms with Gasteiger partial charge in [0, 0.05) is 29.9 Å². The van der Waals surface area contributed by atoms with Crippen molar-refractivity contribution in [2.45, 2.75) is 25.9 Å². The maximum atomic E-state index is 12.3. The Labute approximate surface area is 144 Å². The second-order valence-electron chi connectivity index (χ2n) is 5.73. The van der Waals surface area contributed by atoms with Gasteiger partial charge in [0.2, 0.25) is 5.43 Å². The molecular weight excluding hydrogens is 330 g/mol.